The van der Waals surface area contributed by atoms with E-state index in [1.807, 2.05) is 60.1 Å². The van der Waals surface area contributed by atoms with Crippen LogP contribution in [0.4, 0.5) is 11.6 Å². The summed E-state index contributed by atoms with van der Waals surface area (Å²) in [6.07, 6.45) is 7.68. The molecule has 4 aromatic rings. The maximum Gasteiger partial charge on any atom is 0.276 e. The summed E-state index contributed by atoms with van der Waals surface area (Å²) in [6, 6.07) is 11.6. The Bertz CT molecular complexity index is 1260. The first-order chi connectivity index (χ1) is 15.1. The van der Waals surface area contributed by atoms with Gasteiger partial charge in [0, 0.05) is 36.7 Å². The molecule has 1 fully saturated rings. The fourth-order valence-electron chi connectivity index (χ4n) is 3.79. The monoisotopic (exact) mass is 432 g/mol. The molecule has 7 nitrogen and oxygen atoms in total. The number of benzene rings is 1. The maximum absolute atomic E-state index is 12.8. The second-order valence-corrected chi connectivity index (χ2v) is 8.05. The van der Waals surface area contributed by atoms with Crippen LogP contribution in [0, 0.1) is 6.92 Å². The summed E-state index contributed by atoms with van der Waals surface area (Å²) >= 11 is 6.21. The fraction of sp³-hybridized carbons (Fsp3) is 0.217. The fourth-order valence-corrected chi connectivity index (χ4v) is 3.97. The van der Waals surface area contributed by atoms with E-state index in [0.717, 1.165) is 48.4 Å². The summed E-state index contributed by atoms with van der Waals surface area (Å²) in [5.74, 6) is 0.188. The number of aromatic nitrogens is 4. The number of anilines is 2. The van der Waals surface area contributed by atoms with Crippen LogP contribution >= 0.6 is 11.6 Å². The Balaban J connectivity index is 1.35. The van der Waals surface area contributed by atoms with Crippen molar-refractivity contribution in [2.24, 2.45) is 0 Å². The van der Waals surface area contributed by atoms with Gasteiger partial charge in [0.05, 0.1) is 16.9 Å². The van der Waals surface area contributed by atoms with Crippen molar-refractivity contribution in [3.05, 3.63) is 71.3 Å². The number of carbonyl (C=O) groups excluding carboxylic acids is 1. The summed E-state index contributed by atoms with van der Waals surface area (Å²) in [5.41, 5.74) is 4.73. The number of rotatable bonds is 4. The van der Waals surface area contributed by atoms with Gasteiger partial charge in [0.2, 0.25) is 5.95 Å². The number of nitrogens with one attached hydrogen (secondary N) is 1. The lowest BCUT2D eigenvalue weighted by Crippen LogP contribution is -2.23. The van der Waals surface area contributed by atoms with Gasteiger partial charge in [-0.1, -0.05) is 29.8 Å². The molecule has 0 atom stereocenters. The lowest BCUT2D eigenvalue weighted by molar-refractivity contribution is 0.102. The predicted octanol–water partition coefficient (Wildman–Crippen LogP) is 4.61. The van der Waals surface area contributed by atoms with Gasteiger partial charge in [0.1, 0.15) is 5.65 Å². The predicted molar refractivity (Wildman–Crippen MR) is 122 cm³/mol. The molecule has 3 aromatic heterocycles. The minimum absolute atomic E-state index is 0.179. The van der Waals surface area contributed by atoms with Crippen molar-refractivity contribution in [2.75, 3.05) is 23.3 Å². The van der Waals surface area contributed by atoms with Gasteiger partial charge in [-0.15, -0.1) is 0 Å². The van der Waals surface area contributed by atoms with Crippen LogP contribution in [0.25, 0.3) is 16.9 Å². The Kier molecular flexibility index (Phi) is 5.03. The lowest BCUT2D eigenvalue weighted by Gasteiger charge is -2.16. The van der Waals surface area contributed by atoms with Crippen LogP contribution in [-0.4, -0.2) is 38.3 Å². The largest absolute Gasteiger partial charge is 0.341 e. The molecule has 1 amide bonds. The molecule has 0 unspecified atom stereocenters. The highest BCUT2D eigenvalue weighted by molar-refractivity contribution is 6.34. The van der Waals surface area contributed by atoms with Crippen molar-refractivity contribution in [1.29, 1.82) is 0 Å². The third-order valence-corrected chi connectivity index (χ3v) is 5.73. The Labute approximate surface area is 184 Å². The Morgan fingerprint density at radius 3 is 2.61 bits per heavy atom. The van der Waals surface area contributed by atoms with Gasteiger partial charge in [-0.05, 0) is 43.5 Å². The number of amides is 1. The highest BCUT2D eigenvalue weighted by Crippen LogP contribution is 2.24. The second kappa shape index (κ2) is 8.00. The average Bonchev–Trinajstić information content (AvgIpc) is 3.45. The highest BCUT2D eigenvalue weighted by atomic mass is 35.5. The van der Waals surface area contributed by atoms with Gasteiger partial charge in [0.15, 0.2) is 5.69 Å². The Morgan fingerprint density at radius 2 is 1.87 bits per heavy atom. The average molecular weight is 433 g/mol. The Hall–Kier alpha value is -3.45. The van der Waals surface area contributed by atoms with Crippen LogP contribution < -0.4 is 10.2 Å². The summed E-state index contributed by atoms with van der Waals surface area (Å²) in [6.45, 7) is 3.83. The number of nitrogens with zero attached hydrogens (tertiary/aromatic N) is 5. The molecule has 1 aromatic carbocycles. The third-order valence-electron chi connectivity index (χ3n) is 5.45. The minimum Gasteiger partial charge on any atom is -0.341 e. The zero-order valence-corrected chi connectivity index (χ0v) is 17.8. The smallest absolute Gasteiger partial charge is 0.276 e. The first-order valence-electron chi connectivity index (χ1n) is 10.2. The van der Waals surface area contributed by atoms with E-state index in [1.165, 1.54) is 6.20 Å². The molecular formula is C23H21ClN6O. The van der Waals surface area contributed by atoms with Crippen LogP contribution in [-0.2, 0) is 0 Å². The molecule has 0 bridgehead atoms. The van der Waals surface area contributed by atoms with Gasteiger partial charge < -0.3 is 14.6 Å². The van der Waals surface area contributed by atoms with Crippen molar-refractivity contribution in [1.82, 2.24) is 19.4 Å². The van der Waals surface area contributed by atoms with E-state index in [0.29, 0.717) is 11.6 Å². The maximum atomic E-state index is 12.8. The molecule has 0 spiro atoms. The number of aryl methyl sites for hydroxylation is 1. The molecule has 0 saturated carbocycles. The molecule has 1 aliphatic rings. The van der Waals surface area contributed by atoms with Crippen molar-refractivity contribution in [2.45, 2.75) is 19.8 Å². The molecule has 31 heavy (non-hydrogen) atoms. The molecule has 1 N–H and O–H groups in total. The van der Waals surface area contributed by atoms with Gasteiger partial charge >= 0.3 is 0 Å². The number of imidazole rings is 1. The van der Waals surface area contributed by atoms with Crippen LogP contribution in [0.15, 0.2) is 55.0 Å². The molecule has 156 valence electrons. The highest BCUT2D eigenvalue weighted by Gasteiger charge is 2.20. The van der Waals surface area contributed by atoms with Gasteiger partial charge in [0.25, 0.3) is 5.91 Å². The number of fused-ring (bicyclic) bond motifs is 1. The van der Waals surface area contributed by atoms with Gasteiger partial charge in [-0.2, -0.15) is 0 Å². The summed E-state index contributed by atoms with van der Waals surface area (Å²) in [7, 11) is 0. The zero-order chi connectivity index (χ0) is 21.4. The van der Waals surface area contributed by atoms with Gasteiger partial charge in [-0.25, -0.2) is 15.0 Å². The van der Waals surface area contributed by atoms with E-state index in [9.17, 15) is 4.79 Å². The topological polar surface area (TPSA) is 75.4 Å². The molecule has 4 heterocycles. The number of halogens is 1. The molecule has 8 heteroatoms. The first-order valence-corrected chi connectivity index (χ1v) is 10.6. The number of hydrogen-bond donors (Lipinski definition) is 1. The van der Waals surface area contributed by atoms with E-state index in [4.69, 9.17) is 16.6 Å². The van der Waals surface area contributed by atoms with Crippen molar-refractivity contribution in [3.8, 4) is 11.3 Å². The summed E-state index contributed by atoms with van der Waals surface area (Å²) < 4.78 is 2.01. The molecule has 1 saturated heterocycles. The summed E-state index contributed by atoms with van der Waals surface area (Å²) in [4.78, 5) is 28.3. The quantitative estimate of drug-likeness (QED) is 0.509. The van der Waals surface area contributed by atoms with E-state index in [-0.39, 0.29) is 16.6 Å². The molecule has 0 aliphatic carbocycles. The normalized spacial score (nSPS) is 13.7. The zero-order valence-electron chi connectivity index (χ0n) is 17.0. The standard InChI is InChI=1S/C23H21ClN6O/c1-15-5-4-12-30-14-19(27-21(15)30)16-6-8-17(9-7-16)26-22(31)20-18(24)13-25-23(28-20)29-10-2-3-11-29/h4-9,12-14H,2-3,10-11H2,1H3,(H,26,31). The molecular weight excluding hydrogens is 412 g/mol. The molecule has 0 radical (unpaired) electrons. The number of carbonyl (C=O) groups is 1. The number of pyridine rings is 1. The molecule has 5 rings (SSSR count). The van der Waals surface area contributed by atoms with E-state index in [2.05, 4.69) is 20.2 Å². The second-order valence-electron chi connectivity index (χ2n) is 7.64. The number of hydrogen-bond acceptors (Lipinski definition) is 5. The summed E-state index contributed by atoms with van der Waals surface area (Å²) in [5, 5.41) is 3.11. The first kappa shape index (κ1) is 19.5. The molecule has 1 aliphatic heterocycles. The minimum atomic E-state index is -0.357. The van der Waals surface area contributed by atoms with E-state index < -0.39 is 0 Å². The van der Waals surface area contributed by atoms with E-state index in [1.54, 1.807) is 0 Å². The van der Waals surface area contributed by atoms with Crippen molar-refractivity contribution < 1.29 is 4.79 Å². The van der Waals surface area contributed by atoms with Crippen LogP contribution in [0.1, 0.15) is 28.9 Å². The van der Waals surface area contributed by atoms with Crippen molar-refractivity contribution >= 4 is 34.8 Å². The van der Waals surface area contributed by atoms with Crippen molar-refractivity contribution in [3.63, 3.8) is 0 Å². The van der Waals surface area contributed by atoms with E-state index >= 15 is 0 Å². The SMILES string of the molecule is Cc1cccn2cc(-c3ccc(NC(=O)c4nc(N5CCCC5)ncc4Cl)cc3)nc12. The lowest BCUT2D eigenvalue weighted by atomic mass is 10.1. The van der Waals surface area contributed by atoms with Crippen LogP contribution in [0.3, 0.4) is 0 Å². The van der Waals surface area contributed by atoms with Crippen LogP contribution in [0.5, 0.6) is 0 Å². The third kappa shape index (κ3) is 3.84. The van der Waals surface area contributed by atoms with Gasteiger partial charge in [-0.3, -0.25) is 4.79 Å². The Morgan fingerprint density at radius 1 is 1.10 bits per heavy atom. The van der Waals surface area contributed by atoms with Crippen LogP contribution in [0.2, 0.25) is 5.02 Å².